The minimum Gasteiger partial charge on any atom is -0.349 e. The molecule has 2 saturated heterocycles. The molecule has 174 valence electrons. The molecule has 2 aliphatic heterocycles. The summed E-state index contributed by atoms with van der Waals surface area (Å²) in [6.45, 7) is 5.80. The molecule has 6 rings (SSSR count). The number of amides is 2. The van der Waals surface area contributed by atoms with Crippen LogP contribution in [0.1, 0.15) is 49.1 Å². The first-order valence-electron chi connectivity index (χ1n) is 11.6. The number of hydrogen-bond acceptors (Lipinski definition) is 5. The summed E-state index contributed by atoms with van der Waals surface area (Å²) in [5, 5.41) is 0. The van der Waals surface area contributed by atoms with Crippen LogP contribution in [0, 0.1) is 32.6 Å². The Morgan fingerprint density at radius 1 is 0.743 bits per heavy atom. The van der Waals surface area contributed by atoms with E-state index in [4.69, 9.17) is 4.74 Å². The van der Waals surface area contributed by atoms with Crippen LogP contribution in [-0.2, 0) is 14.3 Å². The zero-order valence-corrected chi connectivity index (χ0v) is 19.6. The SMILES string of the molecule is Cc1ccc([C@H]2OC3(C(=O)c4ccccc4C3=O)[C@@H]3C(=O)N(c4ccc(C)c(C)c4)C(=O)[C@H]23)cc1. The van der Waals surface area contributed by atoms with Crippen LogP contribution in [0.5, 0.6) is 0 Å². The number of fused-ring (bicyclic) bond motifs is 3. The molecule has 35 heavy (non-hydrogen) atoms. The molecular formula is C29H23NO5. The third-order valence-electron chi connectivity index (χ3n) is 7.67. The van der Waals surface area contributed by atoms with Crippen molar-refractivity contribution in [1.82, 2.24) is 0 Å². The summed E-state index contributed by atoms with van der Waals surface area (Å²) in [6, 6.07) is 19.3. The number of rotatable bonds is 2. The lowest BCUT2D eigenvalue weighted by molar-refractivity contribution is -0.127. The fourth-order valence-electron chi connectivity index (χ4n) is 5.69. The molecule has 1 spiro atoms. The Bertz CT molecular complexity index is 1420. The smallest absolute Gasteiger partial charge is 0.241 e. The minimum atomic E-state index is -2.05. The number of carbonyl (C=O) groups is 4. The molecule has 6 heteroatoms. The Labute approximate surface area is 202 Å². The van der Waals surface area contributed by atoms with E-state index in [0.29, 0.717) is 11.3 Å². The van der Waals surface area contributed by atoms with Crippen LogP contribution < -0.4 is 4.90 Å². The van der Waals surface area contributed by atoms with Crippen LogP contribution in [0.2, 0.25) is 0 Å². The van der Waals surface area contributed by atoms with Gasteiger partial charge in [-0.1, -0.05) is 60.2 Å². The van der Waals surface area contributed by atoms with E-state index >= 15 is 0 Å². The minimum absolute atomic E-state index is 0.227. The molecule has 0 saturated carbocycles. The maximum atomic E-state index is 13.9. The Balaban J connectivity index is 1.54. The predicted octanol–water partition coefficient (Wildman–Crippen LogP) is 4.31. The molecule has 0 radical (unpaired) electrons. The van der Waals surface area contributed by atoms with Crippen molar-refractivity contribution in [2.24, 2.45) is 11.8 Å². The Morgan fingerprint density at radius 3 is 1.97 bits per heavy atom. The van der Waals surface area contributed by atoms with E-state index in [0.717, 1.165) is 21.6 Å². The highest BCUT2D eigenvalue weighted by Gasteiger charge is 2.74. The zero-order chi connectivity index (χ0) is 24.6. The molecule has 1 aliphatic carbocycles. The maximum Gasteiger partial charge on any atom is 0.241 e. The summed E-state index contributed by atoms with van der Waals surface area (Å²) in [6.07, 6.45) is -0.907. The van der Waals surface area contributed by atoms with Crippen LogP contribution in [-0.4, -0.2) is 29.0 Å². The average molecular weight is 466 g/mol. The number of benzene rings is 3. The van der Waals surface area contributed by atoms with Gasteiger partial charge in [-0.3, -0.25) is 19.2 Å². The molecule has 0 bridgehead atoms. The molecule has 3 atom stereocenters. The fraction of sp³-hybridized carbons (Fsp3) is 0.241. The molecular weight excluding hydrogens is 442 g/mol. The summed E-state index contributed by atoms with van der Waals surface area (Å²) in [7, 11) is 0. The van der Waals surface area contributed by atoms with Crippen LogP contribution in [0.3, 0.4) is 0 Å². The summed E-state index contributed by atoms with van der Waals surface area (Å²) in [5.74, 6) is -4.37. The number of carbonyl (C=O) groups excluding carboxylic acids is 4. The van der Waals surface area contributed by atoms with Crippen molar-refractivity contribution in [3.8, 4) is 0 Å². The quantitative estimate of drug-likeness (QED) is 0.416. The largest absolute Gasteiger partial charge is 0.349 e. The van der Waals surface area contributed by atoms with Gasteiger partial charge in [-0.15, -0.1) is 0 Å². The highest BCUT2D eigenvalue weighted by Crippen LogP contribution is 2.57. The molecule has 3 aliphatic rings. The number of aryl methyl sites for hydroxylation is 3. The molecule has 2 fully saturated rings. The second kappa shape index (κ2) is 7.30. The summed E-state index contributed by atoms with van der Waals surface area (Å²) in [5.41, 5.74) is 2.47. The number of Topliss-reactive ketones (excluding diaryl/α,β-unsaturated/α-hetero) is 2. The Kier molecular flexibility index (Phi) is 4.51. The molecule has 2 heterocycles. The van der Waals surface area contributed by atoms with E-state index in [1.54, 1.807) is 36.4 Å². The van der Waals surface area contributed by atoms with Gasteiger partial charge in [0.2, 0.25) is 29.0 Å². The van der Waals surface area contributed by atoms with Gasteiger partial charge in [0.15, 0.2) is 0 Å². The topological polar surface area (TPSA) is 80.8 Å². The third kappa shape index (κ3) is 2.74. The van der Waals surface area contributed by atoms with Gasteiger partial charge in [0, 0.05) is 11.1 Å². The lowest BCUT2D eigenvalue weighted by Crippen LogP contribution is -2.51. The van der Waals surface area contributed by atoms with Gasteiger partial charge in [0.25, 0.3) is 0 Å². The monoisotopic (exact) mass is 465 g/mol. The van der Waals surface area contributed by atoms with Crippen molar-refractivity contribution in [2.45, 2.75) is 32.5 Å². The number of hydrogen-bond donors (Lipinski definition) is 0. The van der Waals surface area contributed by atoms with Gasteiger partial charge in [-0.2, -0.15) is 0 Å². The van der Waals surface area contributed by atoms with Crippen molar-refractivity contribution < 1.29 is 23.9 Å². The summed E-state index contributed by atoms with van der Waals surface area (Å²) >= 11 is 0. The van der Waals surface area contributed by atoms with E-state index in [-0.39, 0.29) is 11.1 Å². The maximum absolute atomic E-state index is 13.9. The Hall–Kier alpha value is -3.90. The first kappa shape index (κ1) is 21.6. The van der Waals surface area contributed by atoms with Crippen LogP contribution >= 0.6 is 0 Å². The van der Waals surface area contributed by atoms with E-state index in [2.05, 4.69) is 0 Å². The molecule has 3 aromatic carbocycles. The zero-order valence-electron chi connectivity index (χ0n) is 19.6. The number of imide groups is 1. The molecule has 0 N–H and O–H groups in total. The molecule has 2 amide bonds. The van der Waals surface area contributed by atoms with Gasteiger partial charge in [0.05, 0.1) is 23.6 Å². The van der Waals surface area contributed by atoms with Gasteiger partial charge < -0.3 is 4.74 Å². The number of nitrogens with zero attached hydrogens (tertiary/aromatic N) is 1. The van der Waals surface area contributed by atoms with Gasteiger partial charge in [-0.25, -0.2) is 4.90 Å². The van der Waals surface area contributed by atoms with Crippen molar-refractivity contribution in [2.75, 3.05) is 4.90 Å². The van der Waals surface area contributed by atoms with Crippen LogP contribution in [0.25, 0.3) is 0 Å². The summed E-state index contributed by atoms with van der Waals surface area (Å²) in [4.78, 5) is 56.5. The first-order valence-corrected chi connectivity index (χ1v) is 11.6. The van der Waals surface area contributed by atoms with E-state index < -0.39 is 46.9 Å². The fourth-order valence-corrected chi connectivity index (χ4v) is 5.69. The van der Waals surface area contributed by atoms with Crippen LogP contribution in [0.4, 0.5) is 5.69 Å². The molecule has 6 nitrogen and oxygen atoms in total. The van der Waals surface area contributed by atoms with Gasteiger partial charge in [-0.05, 0) is 49.6 Å². The normalized spacial score (nSPS) is 24.4. The van der Waals surface area contributed by atoms with E-state index in [1.807, 2.05) is 51.1 Å². The van der Waals surface area contributed by atoms with Crippen molar-refractivity contribution >= 4 is 29.1 Å². The van der Waals surface area contributed by atoms with E-state index in [9.17, 15) is 19.2 Å². The van der Waals surface area contributed by atoms with Crippen molar-refractivity contribution in [3.05, 3.63) is 100 Å². The lowest BCUT2D eigenvalue weighted by Gasteiger charge is -2.27. The summed E-state index contributed by atoms with van der Waals surface area (Å²) < 4.78 is 6.31. The highest BCUT2D eigenvalue weighted by molar-refractivity contribution is 6.37. The second-order valence-corrected chi connectivity index (χ2v) is 9.67. The Morgan fingerprint density at radius 2 is 1.37 bits per heavy atom. The molecule has 0 unspecified atom stereocenters. The van der Waals surface area contributed by atoms with Crippen molar-refractivity contribution in [1.29, 1.82) is 0 Å². The van der Waals surface area contributed by atoms with E-state index in [1.165, 1.54) is 0 Å². The first-order chi connectivity index (χ1) is 16.8. The standard InChI is InChI=1S/C29H23NO5/c1-15-8-11-18(12-9-15)24-22-23(28(34)30(27(22)33)19-13-10-16(2)17(3)14-19)29(35-24)25(31)20-6-4-5-7-21(20)26(29)32/h4-14,22-24H,1-3H3/t22-,23-,24+/m0/s1. The number of anilines is 1. The van der Waals surface area contributed by atoms with Gasteiger partial charge in [0.1, 0.15) is 0 Å². The molecule has 0 aromatic heterocycles. The number of ether oxygens (including phenoxy) is 1. The van der Waals surface area contributed by atoms with Crippen molar-refractivity contribution in [3.63, 3.8) is 0 Å². The second-order valence-electron chi connectivity index (χ2n) is 9.67. The average Bonchev–Trinajstić information content (AvgIpc) is 3.41. The highest BCUT2D eigenvalue weighted by atomic mass is 16.5. The third-order valence-corrected chi connectivity index (χ3v) is 7.67. The van der Waals surface area contributed by atoms with Gasteiger partial charge >= 0.3 is 0 Å². The predicted molar refractivity (Wildman–Crippen MR) is 128 cm³/mol. The van der Waals surface area contributed by atoms with Crippen LogP contribution in [0.15, 0.2) is 66.7 Å². The molecule has 3 aromatic rings. The number of ketones is 2. The lowest BCUT2D eigenvalue weighted by atomic mass is 9.77.